The Bertz CT molecular complexity index is 400. The number of benzene rings is 1. The van der Waals surface area contributed by atoms with E-state index in [0.717, 1.165) is 25.2 Å². The van der Waals surface area contributed by atoms with E-state index in [2.05, 4.69) is 5.32 Å². The van der Waals surface area contributed by atoms with E-state index < -0.39 is 0 Å². The van der Waals surface area contributed by atoms with Crippen molar-refractivity contribution in [2.45, 2.75) is 18.9 Å². The summed E-state index contributed by atoms with van der Waals surface area (Å²) in [6.45, 7) is 2.33. The Balaban J connectivity index is 1.81. The van der Waals surface area contributed by atoms with E-state index in [0.29, 0.717) is 25.3 Å². The Morgan fingerprint density at radius 3 is 2.84 bits per heavy atom. The van der Waals surface area contributed by atoms with Gasteiger partial charge in [0.15, 0.2) is 0 Å². The van der Waals surface area contributed by atoms with Gasteiger partial charge in [0.05, 0.1) is 6.10 Å². The van der Waals surface area contributed by atoms with Crippen molar-refractivity contribution in [3.63, 3.8) is 0 Å². The van der Waals surface area contributed by atoms with Gasteiger partial charge in [-0.25, -0.2) is 0 Å². The van der Waals surface area contributed by atoms with Gasteiger partial charge in [-0.15, -0.1) is 0 Å². The molecule has 1 heterocycles. The second-order valence-electron chi connectivity index (χ2n) is 4.51. The molecule has 1 aliphatic heterocycles. The Morgan fingerprint density at radius 1 is 1.42 bits per heavy atom. The van der Waals surface area contributed by atoms with Crippen LogP contribution in [0.15, 0.2) is 24.3 Å². The van der Waals surface area contributed by atoms with Gasteiger partial charge >= 0.3 is 0 Å². The van der Waals surface area contributed by atoms with Crippen LogP contribution in [0.2, 0.25) is 0 Å². The molecule has 2 rings (SSSR count). The number of carbonyl (C=O) groups is 1. The fraction of sp³-hybridized carbons (Fsp3) is 0.500. The summed E-state index contributed by atoms with van der Waals surface area (Å²) >= 11 is 0. The van der Waals surface area contributed by atoms with Gasteiger partial charge in [-0.05, 0) is 37.1 Å². The monoisotopic (exact) mass is 264 g/mol. The molecule has 1 aliphatic rings. The van der Waals surface area contributed by atoms with Crippen molar-refractivity contribution in [1.29, 1.82) is 0 Å². The molecule has 1 unspecified atom stereocenters. The van der Waals surface area contributed by atoms with Gasteiger partial charge < -0.3 is 20.5 Å². The maximum Gasteiger partial charge on any atom is 0.251 e. The van der Waals surface area contributed by atoms with Crippen molar-refractivity contribution in [3.8, 4) is 5.75 Å². The van der Waals surface area contributed by atoms with E-state index in [1.807, 2.05) is 0 Å². The minimum Gasteiger partial charge on any atom is -0.492 e. The molecule has 1 atom stereocenters. The average molecular weight is 264 g/mol. The van der Waals surface area contributed by atoms with Crippen LogP contribution in [0, 0.1) is 0 Å². The maximum absolute atomic E-state index is 11.9. The van der Waals surface area contributed by atoms with E-state index >= 15 is 0 Å². The normalized spacial score (nSPS) is 18.3. The van der Waals surface area contributed by atoms with Crippen LogP contribution in [-0.4, -0.2) is 38.3 Å². The van der Waals surface area contributed by atoms with Crippen molar-refractivity contribution in [1.82, 2.24) is 5.32 Å². The second-order valence-corrected chi connectivity index (χ2v) is 4.51. The number of nitrogens with one attached hydrogen (secondary N) is 1. The first-order chi connectivity index (χ1) is 9.29. The van der Waals surface area contributed by atoms with Crippen LogP contribution in [0.3, 0.4) is 0 Å². The van der Waals surface area contributed by atoms with Crippen LogP contribution in [0.5, 0.6) is 5.75 Å². The molecular weight excluding hydrogens is 244 g/mol. The molecule has 1 fully saturated rings. The van der Waals surface area contributed by atoms with Crippen LogP contribution < -0.4 is 15.8 Å². The Labute approximate surface area is 113 Å². The molecule has 0 aliphatic carbocycles. The van der Waals surface area contributed by atoms with Crippen molar-refractivity contribution in [3.05, 3.63) is 29.8 Å². The van der Waals surface area contributed by atoms with Crippen LogP contribution >= 0.6 is 0 Å². The number of amides is 1. The molecule has 0 bridgehead atoms. The fourth-order valence-electron chi connectivity index (χ4n) is 1.99. The first-order valence-corrected chi connectivity index (χ1v) is 6.62. The lowest BCUT2D eigenvalue weighted by molar-refractivity contribution is 0.0858. The average Bonchev–Trinajstić information content (AvgIpc) is 2.96. The van der Waals surface area contributed by atoms with Gasteiger partial charge in [-0.1, -0.05) is 0 Å². The van der Waals surface area contributed by atoms with Gasteiger partial charge in [-0.3, -0.25) is 4.79 Å². The van der Waals surface area contributed by atoms with Crippen molar-refractivity contribution >= 4 is 5.91 Å². The van der Waals surface area contributed by atoms with Crippen LogP contribution in [0.1, 0.15) is 23.2 Å². The van der Waals surface area contributed by atoms with Gasteiger partial charge in [0.1, 0.15) is 12.4 Å². The van der Waals surface area contributed by atoms with Crippen molar-refractivity contribution in [2.75, 3.05) is 26.3 Å². The quantitative estimate of drug-likeness (QED) is 0.801. The Kier molecular flexibility index (Phi) is 5.18. The molecule has 3 N–H and O–H groups in total. The Morgan fingerprint density at radius 2 is 2.21 bits per heavy atom. The Hall–Kier alpha value is -1.59. The minimum atomic E-state index is -0.0825. The predicted molar refractivity (Wildman–Crippen MR) is 72.3 cm³/mol. The molecule has 0 saturated carbocycles. The minimum absolute atomic E-state index is 0.0825. The topological polar surface area (TPSA) is 73.6 Å². The molecule has 1 amide bonds. The zero-order valence-electron chi connectivity index (χ0n) is 10.9. The molecule has 1 aromatic rings. The SMILES string of the molecule is NCCOc1ccc(C(=O)NCC2CCCO2)cc1. The maximum atomic E-state index is 11.9. The second kappa shape index (κ2) is 7.11. The number of hydrogen-bond acceptors (Lipinski definition) is 4. The van der Waals surface area contributed by atoms with Gasteiger partial charge in [-0.2, -0.15) is 0 Å². The lowest BCUT2D eigenvalue weighted by Crippen LogP contribution is -2.31. The third kappa shape index (κ3) is 4.22. The van der Waals surface area contributed by atoms with Crippen molar-refractivity contribution < 1.29 is 14.3 Å². The smallest absolute Gasteiger partial charge is 0.251 e. The highest BCUT2D eigenvalue weighted by Crippen LogP contribution is 2.13. The zero-order valence-corrected chi connectivity index (χ0v) is 10.9. The third-order valence-electron chi connectivity index (χ3n) is 3.02. The van der Waals surface area contributed by atoms with E-state index in [1.165, 1.54) is 0 Å². The van der Waals surface area contributed by atoms with E-state index in [4.69, 9.17) is 15.2 Å². The molecule has 5 nitrogen and oxygen atoms in total. The lowest BCUT2D eigenvalue weighted by Gasteiger charge is -2.11. The van der Waals surface area contributed by atoms with E-state index in [9.17, 15) is 4.79 Å². The third-order valence-corrected chi connectivity index (χ3v) is 3.02. The highest BCUT2D eigenvalue weighted by Gasteiger charge is 2.16. The molecule has 5 heteroatoms. The number of hydrogen-bond donors (Lipinski definition) is 2. The molecule has 104 valence electrons. The van der Waals surface area contributed by atoms with Crippen LogP contribution in [0.25, 0.3) is 0 Å². The lowest BCUT2D eigenvalue weighted by atomic mass is 10.2. The summed E-state index contributed by atoms with van der Waals surface area (Å²) < 4.78 is 10.8. The molecule has 0 spiro atoms. The molecule has 1 aromatic carbocycles. The summed E-state index contributed by atoms with van der Waals surface area (Å²) in [6.07, 6.45) is 2.26. The summed E-state index contributed by atoms with van der Waals surface area (Å²) in [6, 6.07) is 7.04. The molecule has 0 radical (unpaired) electrons. The fourth-order valence-corrected chi connectivity index (χ4v) is 1.99. The molecule has 1 saturated heterocycles. The summed E-state index contributed by atoms with van der Waals surface area (Å²) in [7, 11) is 0. The van der Waals surface area contributed by atoms with Gasteiger partial charge in [0.25, 0.3) is 5.91 Å². The van der Waals surface area contributed by atoms with Crippen molar-refractivity contribution in [2.24, 2.45) is 5.73 Å². The first kappa shape index (κ1) is 13.8. The number of nitrogens with two attached hydrogens (primary N) is 1. The highest BCUT2D eigenvalue weighted by molar-refractivity contribution is 5.94. The highest BCUT2D eigenvalue weighted by atomic mass is 16.5. The standard InChI is InChI=1S/C14H20N2O3/c15-7-9-19-12-5-3-11(4-6-12)14(17)16-10-13-2-1-8-18-13/h3-6,13H,1-2,7-10,15H2,(H,16,17). The number of rotatable bonds is 6. The zero-order chi connectivity index (χ0) is 13.5. The summed E-state index contributed by atoms with van der Waals surface area (Å²) in [5.74, 6) is 0.641. The largest absolute Gasteiger partial charge is 0.492 e. The molecule has 0 aromatic heterocycles. The van der Waals surface area contributed by atoms with Gasteiger partial charge in [0, 0.05) is 25.3 Å². The predicted octanol–water partition coefficient (Wildman–Crippen LogP) is 0.933. The van der Waals surface area contributed by atoms with E-state index in [1.54, 1.807) is 24.3 Å². The van der Waals surface area contributed by atoms with Crippen LogP contribution in [0.4, 0.5) is 0 Å². The van der Waals surface area contributed by atoms with Gasteiger partial charge in [0.2, 0.25) is 0 Å². The number of carbonyl (C=O) groups excluding carboxylic acids is 1. The molecular formula is C14H20N2O3. The summed E-state index contributed by atoms with van der Waals surface area (Å²) in [5.41, 5.74) is 5.98. The summed E-state index contributed by atoms with van der Waals surface area (Å²) in [5, 5.41) is 2.88. The number of ether oxygens (including phenoxy) is 2. The first-order valence-electron chi connectivity index (χ1n) is 6.62. The summed E-state index contributed by atoms with van der Waals surface area (Å²) in [4.78, 5) is 11.9. The molecule has 19 heavy (non-hydrogen) atoms. The van der Waals surface area contributed by atoms with Crippen LogP contribution in [-0.2, 0) is 4.74 Å². The van der Waals surface area contributed by atoms with E-state index in [-0.39, 0.29) is 12.0 Å².